The summed E-state index contributed by atoms with van der Waals surface area (Å²) in [5.41, 5.74) is 2.80. The van der Waals surface area contributed by atoms with Crippen LogP contribution in [-0.2, 0) is 6.54 Å². The van der Waals surface area contributed by atoms with E-state index in [0.717, 1.165) is 13.1 Å². The van der Waals surface area contributed by atoms with E-state index in [9.17, 15) is 0 Å². The third-order valence-corrected chi connectivity index (χ3v) is 5.23. The van der Waals surface area contributed by atoms with Gasteiger partial charge in [0, 0.05) is 29.9 Å². The maximum atomic E-state index is 4.41. The zero-order valence-electron chi connectivity index (χ0n) is 12.6. The summed E-state index contributed by atoms with van der Waals surface area (Å²) in [6.45, 7) is 4.14. The van der Waals surface area contributed by atoms with Crippen molar-refractivity contribution in [1.29, 1.82) is 0 Å². The van der Waals surface area contributed by atoms with Crippen molar-refractivity contribution in [3.8, 4) is 11.3 Å². The number of nitrogens with one attached hydrogen (secondary N) is 1. The van der Waals surface area contributed by atoms with Gasteiger partial charge in [-0.05, 0) is 45.6 Å². The molecule has 3 heterocycles. The van der Waals surface area contributed by atoms with Crippen molar-refractivity contribution in [1.82, 2.24) is 24.6 Å². The number of rotatable bonds is 3. The summed E-state index contributed by atoms with van der Waals surface area (Å²) in [4.78, 5) is 4.41. The molecule has 1 aliphatic carbocycles. The highest BCUT2D eigenvalue weighted by atomic mass is 15.3. The molecule has 0 aromatic carbocycles. The summed E-state index contributed by atoms with van der Waals surface area (Å²) in [7, 11) is 0. The van der Waals surface area contributed by atoms with Crippen LogP contribution in [0.2, 0.25) is 0 Å². The number of hydrogen-bond acceptors (Lipinski definition) is 3. The monoisotopic (exact) mass is 285 g/mol. The van der Waals surface area contributed by atoms with Gasteiger partial charge >= 0.3 is 0 Å². The van der Waals surface area contributed by atoms with Gasteiger partial charge in [0.2, 0.25) is 0 Å². The Morgan fingerprint density at radius 2 is 2.29 bits per heavy atom. The van der Waals surface area contributed by atoms with E-state index in [0.29, 0.717) is 11.6 Å². The van der Waals surface area contributed by atoms with Crippen LogP contribution in [0.3, 0.4) is 0 Å². The fraction of sp³-hybridized carbons (Fsp3) is 0.625. The van der Waals surface area contributed by atoms with Gasteiger partial charge in [-0.2, -0.15) is 5.10 Å². The highest BCUT2D eigenvalue weighted by Gasteiger charge is 2.41. The zero-order valence-corrected chi connectivity index (χ0v) is 12.6. The van der Waals surface area contributed by atoms with Gasteiger partial charge in [0.1, 0.15) is 0 Å². The predicted octanol–water partition coefficient (Wildman–Crippen LogP) is 2.61. The van der Waals surface area contributed by atoms with Gasteiger partial charge in [0.15, 0.2) is 0 Å². The maximum absolute atomic E-state index is 4.41. The minimum Gasteiger partial charge on any atom is -0.327 e. The normalized spacial score (nSPS) is 24.1. The summed E-state index contributed by atoms with van der Waals surface area (Å²) in [5, 5.41) is 8.14. The molecule has 0 radical (unpaired) electrons. The molecule has 5 nitrogen and oxygen atoms in total. The molecule has 2 aromatic heterocycles. The van der Waals surface area contributed by atoms with E-state index >= 15 is 0 Å². The fourth-order valence-electron chi connectivity index (χ4n) is 3.84. The lowest BCUT2D eigenvalue weighted by molar-refractivity contribution is 0.110. The van der Waals surface area contributed by atoms with Crippen LogP contribution in [0.5, 0.6) is 0 Å². The number of imidazole rings is 1. The van der Waals surface area contributed by atoms with Gasteiger partial charge < -0.3 is 9.88 Å². The standard InChI is InChI=1S/C16H23N5/c1-2-20-11-13(9-19-20)15-10-17-12-21(15)14-4-7-18-16(8-14)5-3-6-16/h9-12,14,18H,2-8H2,1H3. The molecule has 1 saturated heterocycles. The van der Waals surface area contributed by atoms with Crippen LogP contribution in [0.1, 0.15) is 45.1 Å². The predicted molar refractivity (Wildman–Crippen MR) is 82.0 cm³/mol. The van der Waals surface area contributed by atoms with Crippen molar-refractivity contribution in [2.24, 2.45) is 0 Å². The first-order valence-corrected chi connectivity index (χ1v) is 8.09. The molecular weight excluding hydrogens is 262 g/mol. The van der Waals surface area contributed by atoms with Gasteiger partial charge in [-0.15, -0.1) is 0 Å². The van der Waals surface area contributed by atoms with E-state index < -0.39 is 0 Å². The van der Waals surface area contributed by atoms with Crippen molar-refractivity contribution in [2.75, 3.05) is 6.54 Å². The zero-order chi connectivity index (χ0) is 14.3. The Kier molecular flexibility index (Phi) is 3.10. The van der Waals surface area contributed by atoms with Crippen molar-refractivity contribution in [3.05, 3.63) is 24.9 Å². The first-order valence-electron chi connectivity index (χ1n) is 8.09. The smallest absolute Gasteiger partial charge is 0.0953 e. The average molecular weight is 285 g/mol. The lowest BCUT2D eigenvalue weighted by Gasteiger charge is -2.48. The summed E-state index contributed by atoms with van der Waals surface area (Å²) in [6.07, 6.45) is 14.5. The maximum Gasteiger partial charge on any atom is 0.0953 e. The van der Waals surface area contributed by atoms with E-state index in [2.05, 4.69) is 33.1 Å². The van der Waals surface area contributed by atoms with E-state index in [4.69, 9.17) is 0 Å². The first-order chi connectivity index (χ1) is 10.3. The van der Waals surface area contributed by atoms with Crippen LogP contribution in [0.15, 0.2) is 24.9 Å². The van der Waals surface area contributed by atoms with Gasteiger partial charge in [-0.3, -0.25) is 4.68 Å². The van der Waals surface area contributed by atoms with E-state index in [1.165, 1.54) is 43.4 Å². The van der Waals surface area contributed by atoms with Gasteiger partial charge in [0.25, 0.3) is 0 Å². The highest BCUT2D eigenvalue weighted by molar-refractivity contribution is 5.56. The average Bonchev–Trinajstić information content (AvgIpc) is 3.14. The molecule has 2 fully saturated rings. The molecular formula is C16H23N5. The number of hydrogen-bond donors (Lipinski definition) is 1. The number of nitrogens with zero attached hydrogens (tertiary/aromatic N) is 4. The number of aromatic nitrogens is 4. The second kappa shape index (κ2) is 4.98. The van der Waals surface area contributed by atoms with Crippen LogP contribution in [0, 0.1) is 0 Å². The van der Waals surface area contributed by atoms with Crippen molar-refractivity contribution in [2.45, 2.75) is 57.2 Å². The Balaban J connectivity index is 1.62. The topological polar surface area (TPSA) is 47.7 Å². The van der Waals surface area contributed by atoms with Crippen molar-refractivity contribution in [3.63, 3.8) is 0 Å². The Morgan fingerprint density at radius 3 is 3.00 bits per heavy atom. The Hall–Kier alpha value is -1.62. The lowest BCUT2D eigenvalue weighted by Crippen LogP contribution is -2.55. The van der Waals surface area contributed by atoms with Gasteiger partial charge in [-0.25, -0.2) is 4.98 Å². The first kappa shape index (κ1) is 13.1. The molecule has 1 unspecified atom stereocenters. The van der Waals surface area contributed by atoms with Crippen molar-refractivity contribution >= 4 is 0 Å². The highest BCUT2D eigenvalue weighted by Crippen LogP contribution is 2.42. The molecule has 2 aliphatic rings. The molecule has 1 saturated carbocycles. The minimum atomic E-state index is 0.415. The van der Waals surface area contributed by atoms with Gasteiger partial charge in [0.05, 0.1) is 24.4 Å². The van der Waals surface area contributed by atoms with E-state index in [-0.39, 0.29) is 0 Å². The van der Waals surface area contributed by atoms with Crippen LogP contribution < -0.4 is 5.32 Å². The molecule has 0 amide bonds. The molecule has 1 atom stereocenters. The molecule has 112 valence electrons. The van der Waals surface area contributed by atoms with Crippen molar-refractivity contribution < 1.29 is 0 Å². The summed E-state index contributed by atoms with van der Waals surface area (Å²) in [6, 6.07) is 0.564. The summed E-state index contributed by atoms with van der Waals surface area (Å²) < 4.78 is 4.35. The van der Waals surface area contributed by atoms with Crippen LogP contribution >= 0.6 is 0 Å². The second-order valence-corrected chi connectivity index (χ2v) is 6.48. The van der Waals surface area contributed by atoms with E-state index in [1.807, 2.05) is 23.4 Å². The Morgan fingerprint density at radius 1 is 1.38 bits per heavy atom. The SMILES string of the molecule is CCn1cc(-c2cncn2C2CCNC3(CCC3)C2)cn1. The Bertz CT molecular complexity index is 622. The molecule has 21 heavy (non-hydrogen) atoms. The molecule has 1 spiro atoms. The van der Waals surface area contributed by atoms with Crippen LogP contribution in [-0.4, -0.2) is 31.4 Å². The summed E-state index contributed by atoms with van der Waals surface area (Å²) in [5.74, 6) is 0. The quantitative estimate of drug-likeness (QED) is 0.943. The van der Waals surface area contributed by atoms with Gasteiger partial charge in [-0.1, -0.05) is 0 Å². The Labute approximate surface area is 125 Å². The third kappa shape index (κ3) is 2.20. The molecule has 0 bridgehead atoms. The fourth-order valence-corrected chi connectivity index (χ4v) is 3.84. The van der Waals surface area contributed by atoms with E-state index in [1.54, 1.807) is 0 Å². The lowest BCUT2D eigenvalue weighted by atomic mass is 9.70. The molecule has 4 rings (SSSR count). The largest absolute Gasteiger partial charge is 0.327 e. The minimum absolute atomic E-state index is 0.415. The third-order valence-electron chi connectivity index (χ3n) is 5.23. The van der Waals surface area contributed by atoms with Crippen LogP contribution in [0.25, 0.3) is 11.3 Å². The number of piperidine rings is 1. The van der Waals surface area contributed by atoms with Crippen LogP contribution in [0.4, 0.5) is 0 Å². The molecule has 1 N–H and O–H groups in total. The molecule has 1 aliphatic heterocycles. The second-order valence-electron chi connectivity index (χ2n) is 6.48. The number of aryl methyl sites for hydroxylation is 1. The molecule has 2 aromatic rings. The molecule has 5 heteroatoms. The summed E-state index contributed by atoms with van der Waals surface area (Å²) >= 11 is 0.